The lowest BCUT2D eigenvalue weighted by atomic mass is 10.2. The Bertz CT molecular complexity index is 71.7. The minimum absolute atomic E-state index is 0.176. The van der Waals surface area contributed by atoms with E-state index >= 15 is 0 Å². The molecule has 0 nitrogen and oxygen atoms in total. The van der Waals surface area contributed by atoms with Crippen molar-refractivity contribution in [1.29, 1.82) is 0 Å². The summed E-state index contributed by atoms with van der Waals surface area (Å²) < 4.78 is 12.5. The van der Waals surface area contributed by atoms with Gasteiger partial charge in [-0.3, -0.25) is 0 Å². The van der Waals surface area contributed by atoms with Gasteiger partial charge in [0.2, 0.25) is 0 Å². The molecular formula is C4H6Cl3F. The number of rotatable bonds is 2. The van der Waals surface area contributed by atoms with Gasteiger partial charge in [-0.15, -0.1) is 34.8 Å². The minimum atomic E-state index is -1.66. The summed E-state index contributed by atoms with van der Waals surface area (Å²) >= 11 is 15.5. The summed E-state index contributed by atoms with van der Waals surface area (Å²) in [5.74, 6) is -0.176. The van der Waals surface area contributed by atoms with Crippen LogP contribution in [0, 0.1) is 0 Å². The molecule has 8 heavy (non-hydrogen) atoms. The van der Waals surface area contributed by atoms with Crippen LogP contribution >= 0.6 is 34.8 Å². The van der Waals surface area contributed by atoms with Gasteiger partial charge in [-0.05, 0) is 6.92 Å². The molecule has 0 N–H and O–H groups in total. The molecule has 0 aromatic rings. The fourth-order valence-electron chi connectivity index (χ4n) is 0.0583. The van der Waals surface area contributed by atoms with Crippen molar-refractivity contribution in [2.24, 2.45) is 0 Å². The van der Waals surface area contributed by atoms with Crippen LogP contribution in [0.4, 0.5) is 4.39 Å². The van der Waals surface area contributed by atoms with Crippen LogP contribution in [0.2, 0.25) is 0 Å². The Labute approximate surface area is 62.9 Å². The molecule has 0 saturated heterocycles. The van der Waals surface area contributed by atoms with Crippen LogP contribution < -0.4 is 0 Å². The monoisotopic (exact) mass is 178 g/mol. The van der Waals surface area contributed by atoms with Crippen molar-refractivity contribution in [2.75, 3.05) is 5.88 Å². The van der Waals surface area contributed by atoms with Gasteiger partial charge in [-0.25, -0.2) is 4.39 Å². The van der Waals surface area contributed by atoms with Gasteiger partial charge in [0.1, 0.15) is 4.84 Å². The molecule has 0 aromatic heterocycles. The van der Waals surface area contributed by atoms with Gasteiger partial charge in [0, 0.05) is 0 Å². The molecule has 0 rings (SSSR count). The van der Waals surface area contributed by atoms with Crippen molar-refractivity contribution in [3.63, 3.8) is 0 Å². The first-order chi connectivity index (χ1) is 3.50. The minimum Gasteiger partial charge on any atom is -0.240 e. The number of alkyl halides is 4. The summed E-state index contributed by atoms with van der Waals surface area (Å²) in [6, 6.07) is 0. The molecule has 0 spiro atoms. The fourth-order valence-corrected chi connectivity index (χ4v) is 0.525. The van der Waals surface area contributed by atoms with Crippen molar-refractivity contribution in [2.45, 2.75) is 17.4 Å². The maximum atomic E-state index is 12.5. The predicted molar refractivity (Wildman–Crippen MR) is 35.7 cm³/mol. The van der Waals surface area contributed by atoms with Gasteiger partial charge in [-0.2, -0.15) is 0 Å². The standard InChI is InChI=1S/C4H6Cl3F/c1-4(8,2-5)3(6)7/h3H,2H2,1H3. The zero-order valence-corrected chi connectivity index (χ0v) is 6.56. The highest BCUT2D eigenvalue weighted by Gasteiger charge is 2.29. The molecule has 0 radical (unpaired) electrons. The Morgan fingerprint density at radius 2 is 2.00 bits per heavy atom. The van der Waals surface area contributed by atoms with E-state index in [1.54, 1.807) is 0 Å². The SMILES string of the molecule is CC(F)(CCl)C(Cl)Cl. The van der Waals surface area contributed by atoms with Crippen LogP contribution in [0.5, 0.6) is 0 Å². The summed E-state index contributed by atoms with van der Waals surface area (Å²) in [6.45, 7) is 1.25. The Kier molecular flexibility index (Phi) is 3.40. The van der Waals surface area contributed by atoms with Crippen molar-refractivity contribution in [3.8, 4) is 0 Å². The molecular weight excluding hydrogens is 173 g/mol. The molecule has 0 aliphatic heterocycles. The average Bonchev–Trinajstić information content (AvgIpc) is 1.67. The maximum Gasteiger partial charge on any atom is 0.151 e. The first-order valence-electron chi connectivity index (χ1n) is 2.03. The summed E-state index contributed by atoms with van der Waals surface area (Å²) in [6.07, 6.45) is 0. The van der Waals surface area contributed by atoms with Crippen LogP contribution in [-0.4, -0.2) is 16.4 Å². The molecule has 0 aliphatic rings. The molecule has 50 valence electrons. The van der Waals surface area contributed by atoms with Crippen molar-refractivity contribution in [1.82, 2.24) is 0 Å². The molecule has 0 amide bonds. The van der Waals surface area contributed by atoms with E-state index in [0.29, 0.717) is 0 Å². The Hall–Kier alpha value is 0.800. The number of halogens is 4. The summed E-state index contributed by atoms with van der Waals surface area (Å²) in [7, 11) is 0. The van der Waals surface area contributed by atoms with E-state index in [0.717, 1.165) is 0 Å². The molecule has 1 unspecified atom stereocenters. The van der Waals surface area contributed by atoms with E-state index < -0.39 is 10.5 Å². The average molecular weight is 179 g/mol. The van der Waals surface area contributed by atoms with Gasteiger partial charge >= 0.3 is 0 Å². The summed E-state index contributed by atoms with van der Waals surface area (Å²) in [4.78, 5) is -1.04. The van der Waals surface area contributed by atoms with Crippen LogP contribution in [0.1, 0.15) is 6.92 Å². The largest absolute Gasteiger partial charge is 0.240 e. The van der Waals surface area contributed by atoms with Crippen molar-refractivity contribution >= 4 is 34.8 Å². The van der Waals surface area contributed by atoms with E-state index in [2.05, 4.69) is 0 Å². The van der Waals surface area contributed by atoms with Crippen LogP contribution in [0.3, 0.4) is 0 Å². The molecule has 0 aliphatic carbocycles. The molecule has 0 aromatic carbocycles. The third kappa shape index (κ3) is 2.38. The topological polar surface area (TPSA) is 0 Å². The van der Waals surface area contributed by atoms with E-state index in [1.807, 2.05) is 0 Å². The molecule has 0 heterocycles. The lowest BCUT2D eigenvalue weighted by Gasteiger charge is -2.16. The van der Waals surface area contributed by atoms with Crippen LogP contribution in [0.15, 0.2) is 0 Å². The second-order valence-electron chi connectivity index (χ2n) is 1.71. The first-order valence-corrected chi connectivity index (χ1v) is 3.44. The first kappa shape index (κ1) is 8.80. The van der Waals surface area contributed by atoms with Crippen molar-refractivity contribution < 1.29 is 4.39 Å². The molecule has 0 saturated carbocycles. The summed E-state index contributed by atoms with van der Waals surface area (Å²) in [5, 5.41) is 0. The highest BCUT2D eigenvalue weighted by Crippen LogP contribution is 2.25. The molecule has 0 bridgehead atoms. The third-order valence-electron chi connectivity index (χ3n) is 0.716. The van der Waals surface area contributed by atoms with E-state index in [9.17, 15) is 4.39 Å². The zero-order valence-electron chi connectivity index (χ0n) is 4.30. The van der Waals surface area contributed by atoms with Gasteiger partial charge in [0.25, 0.3) is 0 Å². The van der Waals surface area contributed by atoms with Crippen LogP contribution in [-0.2, 0) is 0 Å². The maximum absolute atomic E-state index is 12.5. The second-order valence-corrected chi connectivity index (χ2v) is 3.08. The van der Waals surface area contributed by atoms with Gasteiger partial charge in [0.05, 0.1) is 5.88 Å². The number of hydrogen-bond donors (Lipinski definition) is 0. The zero-order chi connectivity index (χ0) is 6.78. The Balaban J connectivity index is 3.71. The second kappa shape index (κ2) is 3.09. The fraction of sp³-hybridized carbons (Fsp3) is 1.00. The lowest BCUT2D eigenvalue weighted by molar-refractivity contribution is 0.241. The van der Waals surface area contributed by atoms with Gasteiger partial charge in [0.15, 0.2) is 5.67 Å². The third-order valence-corrected chi connectivity index (χ3v) is 2.15. The molecule has 1 atom stereocenters. The van der Waals surface area contributed by atoms with E-state index in [1.165, 1.54) is 6.92 Å². The van der Waals surface area contributed by atoms with E-state index in [4.69, 9.17) is 34.8 Å². The molecule has 4 heteroatoms. The predicted octanol–water partition coefficient (Wildman–Crippen LogP) is 2.76. The normalized spacial score (nSPS) is 18.8. The van der Waals surface area contributed by atoms with E-state index in [-0.39, 0.29) is 5.88 Å². The summed E-state index contributed by atoms with van der Waals surface area (Å²) in [5.41, 5.74) is -1.66. The molecule has 0 fully saturated rings. The van der Waals surface area contributed by atoms with Crippen molar-refractivity contribution in [3.05, 3.63) is 0 Å². The highest BCUT2D eigenvalue weighted by atomic mass is 35.5. The van der Waals surface area contributed by atoms with Gasteiger partial charge < -0.3 is 0 Å². The highest BCUT2D eigenvalue weighted by molar-refractivity contribution is 6.45. The number of hydrogen-bond acceptors (Lipinski definition) is 0. The smallest absolute Gasteiger partial charge is 0.151 e. The van der Waals surface area contributed by atoms with Crippen LogP contribution in [0.25, 0.3) is 0 Å². The lowest BCUT2D eigenvalue weighted by Crippen LogP contribution is -2.28. The Morgan fingerprint density at radius 3 is 2.00 bits per heavy atom. The quantitative estimate of drug-likeness (QED) is 0.572. The van der Waals surface area contributed by atoms with Gasteiger partial charge in [-0.1, -0.05) is 0 Å². The Morgan fingerprint density at radius 1 is 1.62 bits per heavy atom.